The lowest BCUT2D eigenvalue weighted by molar-refractivity contribution is 0.0517. The Kier molecular flexibility index (Phi) is 4.96. The predicted octanol–water partition coefficient (Wildman–Crippen LogP) is 2.13. The van der Waals surface area contributed by atoms with Gasteiger partial charge < -0.3 is 23.8 Å². The lowest BCUT2D eigenvalue weighted by atomic mass is 10.2. The Morgan fingerprint density at radius 1 is 1.18 bits per heavy atom. The summed E-state index contributed by atoms with van der Waals surface area (Å²) in [5, 5.41) is 4.34. The van der Waals surface area contributed by atoms with E-state index < -0.39 is 5.97 Å². The molecule has 0 bridgehead atoms. The summed E-state index contributed by atoms with van der Waals surface area (Å²) in [5.74, 6) is 0.938. The summed E-state index contributed by atoms with van der Waals surface area (Å²) in [4.78, 5) is 25.1. The number of aromatic nitrogens is 3. The fourth-order valence-corrected chi connectivity index (χ4v) is 3.33. The molecular formula is C19H21N5O4. The molecular weight excluding hydrogens is 362 g/mol. The minimum Gasteiger partial charge on any atom is -0.497 e. The second-order valence-corrected chi connectivity index (χ2v) is 6.30. The standard InChI is InChI=1S/C19H21N5O4/c1-3-27-19(25)16-15-17(20-12-21-18(15)28-22-16)24-9-7-23(8-10-24)13-5-4-6-14(11-13)26-2/h4-6,11-12H,3,7-10H2,1-2H3. The Balaban J connectivity index is 1.57. The maximum Gasteiger partial charge on any atom is 0.361 e. The van der Waals surface area contributed by atoms with Gasteiger partial charge in [-0.3, -0.25) is 0 Å². The van der Waals surface area contributed by atoms with E-state index in [1.54, 1.807) is 14.0 Å². The van der Waals surface area contributed by atoms with E-state index in [1.807, 2.05) is 18.2 Å². The predicted molar refractivity (Wildman–Crippen MR) is 103 cm³/mol. The molecule has 0 atom stereocenters. The van der Waals surface area contributed by atoms with E-state index in [9.17, 15) is 4.79 Å². The van der Waals surface area contributed by atoms with Crippen LogP contribution in [-0.4, -0.2) is 61.0 Å². The van der Waals surface area contributed by atoms with Crippen molar-refractivity contribution in [3.63, 3.8) is 0 Å². The van der Waals surface area contributed by atoms with Crippen LogP contribution in [0.3, 0.4) is 0 Å². The number of carbonyl (C=O) groups excluding carboxylic acids is 1. The molecule has 1 aliphatic rings. The molecule has 3 heterocycles. The van der Waals surface area contributed by atoms with E-state index >= 15 is 0 Å². The van der Waals surface area contributed by atoms with Crippen molar-refractivity contribution in [2.45, 2.75) is 6.92 Å². The highest BCUT2D eigenvalue weighted by Crippen LogP contribution is 2.29. The van der Waals surface area contributed by atoms with Gasteiger partial charge in [0.05, 0.1) is 13.7 Å². The summed E-state index contributed by atoms with van der Waals surface area (Å²) >= 11 is 0. The van der Waals surface area contributed by atoms with Gasteiger partial charge in [-0.1, -0.05) is 11.2 Å². The summed E-state index contributed by atoms with van der Waals surface area (Å²) in [6.45, 7) is 5.08. The van der Waals surface area contributed by atoms with Gasteiger partial charge in [0.25, 0.3) is 5.71 Å². The molecule has 146 valence electrons. The maximum absolute atomic E-state index is 12.2. The van der Waals surface area contributed by atoms with E-state index in [1.165, 1.54) is 6.33 Å². The third kappa shape index (κ3) is 3.30. The topological polar surface area (TPSA) is 93.8 Å². The Labute approximate surface area is 161 Å². The highest BCUT2D eigenvalue weighted by atomic mass is 16.5. The van der Waals surface area contributed by atoms with Crippen LogP contribution in [0, 0.1) is 0 Å². The number of nitrogens with zero attached hydrogens (tertiary/aromatic N) is 5. The second kappa shape index (κ2) is 7.71. The molecule has 1 saturated heterocycles. The van der Waals surface area contributed by atoms with Gasteiger partial charge in [0.15, 0.2) is 0 Å². The maximum atomic E-state index is 12.2. The van der Waals surface area contributed by atoms with Crippen LogP contribution in [0.2, 0.25) is 0 Å². The molecule has 0 aliphatic carbocycles. The minimum absolute atomic E-state index is 0.114. The normalized spacial score (nSPS) is 14.4. The molecule has 0 unspecified atom stereocenters. The fourth-order valence-electron chi connectivity index (χ4n) is 3.33. The van der Waals surface area contributed by atoms with Crippen molar-refractivity contribution in [1.82, 2.24) is 15.1 Å². The van der Waals surface area contributed by atoms with Gasteiger partial charge in [0.1, 0.15) is 23.3 Å². The van der Waals surface area contributed by atoms with Crippen molar-refractivity contribution in [3.8, 4) is 5.75 Å². The van der Waals surface area contributed by atoms with E-state index in [-0.39, 0.29) is 18.0 Å². The van der Waals surface area contributed by atoms with E-state index in [0.29, 0.717) is 11.2 Å². The molecule has 9 nitrogen and oxygen atoms in total. The number of methoxy groups -OCH3 is 1. The molecule has 4 rings (SSSR count). The fraction of sp³-hybridized carbons (Fsp3) is 0.368. The van der Waals surface area contributed by atoms with Crippen LogP contribution in [0.4, 0.5) is 11.5 Å². The van der Waals surface area contributed by atoms with Crippen molar-refractivity contribution in [2.24, 2.45) is 0 Å². The van der Waals surface area contributed by atoms with Gasteiger partial charge in [-0.05, 0) is 19.1 Å². The number of anilines is 2. The van der Waals surface area contributed by atoms with Crippen LogP contribution in [0.5, 0.6) is 5.75 Å². The highest BCUT2D eigenvalue weighted by Gasteiger charge is 2.27. The van der Waals surface area contributed by atoms with E-state index in [2.05, 4.69) is 31.0 Å². The van der Waals surface area contributed by atoms with Crippen LogP contribution < -0.4 is 14.5 Å². The van der Waals surface area contributed by atoms with Crippen LogP contribution in [-0.2, 0) is 4.74 Å². The van der Waals surface area contributed by atoms with Crippen molar-refractivity contribution in [2.75, 3.05) is 49.7 Å². The zero-order valence-corrected chi connectivity index (χ0v) is 15.8. The number of hydrogen-bond donors (Lipinski definition) is 0. The average Bonchev–Trinajstić information content (AvgIpc) is 3.18. The van der Waals surface area contributed by atoms with Gasteiger partial charge in [-0.25, -0.2) is 9.78 Å². The molecule has 2 aromatic heterocycles. The smallest absolute Gasteiger partial charge is 0.361 e. The van der Waals surface area contributed by atoms with Crippen molar-refractivity contribution < 1.29 is 18.8 Å². The molecule has 0 radical (unpaired) electrons. The molecule has 0 saturated carbocycles. The number of hydrogen-bond acceptors (Lipinski definition) is 9. The monoisotopic (exact) mass is 383 g/mol. The largest absolute Gasteiger partial charge is 0.497 e. The van der Waals surface area contributed by atoms with E-state index in [0.717, 1.165) is 37.6 Å². The zero-order valence-electron chi connectivity index (χ0n) is 15.8. The lowest BCUT2D eigenvalue weighted by Crippen LogP contribution is -2.47. The first-order valence-electron chi connectivity index (χ1n) is 9.12. The Bertz CT molecular complexity index is 981. The average molecular weight is 383 g/mol. The first kappa shape index (κ1) is 18.0. The minimum atomic E-state index is -0.535. The molecule has 28 heavy (non-hydrogen) atoms. The molecule has 0 N–H and O–H groups in total. The molecule has 0 amide bonds. The third-order valence-corrected chi connectivity index (χ3v) is 4.72. The van der Waals surface area contributed by atoms with Crippen LogP contribution in [0.15, 0.2) is 35.1 Å². The van der Waals surface area contributed by atoms with Crippen molar-refractivity contribution in [3.05, 3.63) is 36.3 Å². The van der Waals surface area contributed by atoms with Crippen LogP contribution >= 0.6 is 0 Å². The third-order valence-electron chi connectivity index (χ3n) is 4.72. The molecule has 9 heteroatoms. The number of carbonyl (C=O) groups is 1. The molecule has 3 aromatic rings. The molecule has 0 spiro atoms. The first-order chi connectivity index (χ1) is 13.7. The first-order valence-corrected chi connectivity index (χ1v) is 9.12. The number of fused-ring (bicyclic) bond motifs is 1. The van der Waals surface area contributed by atoms with Crippen molar-refractivity contribution in [1.29, 1.82) is 0 Å². The van der Waals surface area contributed by atoms with Crippen LogP contribution in [0.1, 0.15) is 17.4 Å². The Hall–Kier alpha value is -3.36. The van der Waals surface area contributed by atoms with Gasteiger partial charge in [0, 0.05) is 37.9 Å². The summed E-state index contributed by atoms with van der Waals surface area (Å²) in [7, 11) is 1.66. The zero-order chi connectivity index (χ0) is 19.5. The second-order valence-electron chi connectivity index (χ2n) is 6.30. The number of esters is 1. The van der Waals surface area contributed by atoms with Crippen LogP contribution in [0.25, 0.3) is 11.1 Å². The number of piperazine rings is 1. The summed E-state index contributed by atoms with van der Waals surface area (Å²) < 4.78 is 15.6. The quantitative estimate of drug-likeness (QED) is 0.614. The van der Waals surface area contributed by atoms with E-state index in [4.69, 9.17) is 14.0 Å². The SMILES string of the molecule is CCOC(=O)c1noc2ncnc(N3CCN(c4cccc(OC)c4)CC3)c12. The number of benzene rings is 1. The van der Waals surface area contributed by atoms with Crippen molar-refractivity contribution >= 4 is 28.6 Å². The molecule has 1 fully saturated rings. The Morgan fingerprint density at radius 2 is 1.96 bits per heavy atom. The van der Waals surface area contributed by atoms with Gasteiger partial charge in [0.2, 0.25) is 5.69 Å². The molecule has 1 aromatic carbocycles. The number of ether oxygens (including phenoxy) is 2. The summed E-state index contributed by atoms with van der Waals surface area (Å²) in [6.07, 6.45) is 1.42. The Morgan fingerprint density at radius 3 is 2.71 bits per heavy atom. The highest BCUT2D eigenvalue weighted by molar-refractivity contribution is 6.04. The molecule has 1 aliphatic heterocycles. The van der Waals surface area contributed by atoms with Gasteiger partial charge >= 0.3 is 5.97 Å². The lowest BCUT2D eigenvalue weighted by Gasteiger charge is -2.36. The number of rotatable bonds is 5. The van der Waals surface area contributed by atoms with Gasteiger partial charge in [-0.15, -0.1) is 0 Å². The summed E-state index contributed by atoms with van der Waals surface area (Å²) in [6, 6.07) is 8.01. The summed E-state index contributed by atoms with van der Waals surface area (Å²) in [5.41, 5.74) is 1.51. The van der Waals surface area contributed by atoms with Gasteiger partial charge in [-0.2, -0.15) is 4.98 Å².